The molecular formula is C18H9F3N4O3S. The minimum atomic E-state index is -4.64. The van der Waals surface area contributed by atoms with Crippen molar-refractivity contribution in [2.24, 2.45) is 0 Å². The molecule has 3 amide bonds. The highest BCUT2D eigenvalue weighted by molar-refractivity contribution is 7.15. The van der Waals surface area contributed by atoms with E-state index in [9.17, 15) is 27.6 Å². The SMILES string of the molecule is O=C(Nc1nnc(C(F)(F)F)s1)c1ccc(N2C(=O)c3ccccc3C2=O)cc1. The number of anilines is 2. The summed E-state index contributed by atoms with van der Waals surface area (Å²) in [5, 5.41) is 7.03. The van der Waals surface area contributed by atoms with E-state index in [0.717, 1.165) is 4.90 Å². The number of carbonyl (C=O) groups excluding carboxylic acids is 3. The molecule has 2 heterocycles. The fourth-order valence-corrected chi connectivity index (χ4v) is 3.35. The van der Waals surface area contributed by atoms with E-state index < -0.39 is 28.9 Å². The highest BCUT2D eigenvalue weighted by atomic mass is 32.1. The lowest BCUT2D eigenvalue weighted by molar-refractivity contribution is -0.138. The molecule has 1 N–H and O–H groups in total. The average molecular weight is 418 g/mol. The average Bonchev–Trinajstić information content (AvgIpc) is 3.26. The summed E-state index contributed by atoms with van der Waals surface area (Å²) >= 11 is 0.203. The number of carbonyl (C=O) groups is 3. The van der Waals surface area contributed by atoms with E-state index >= 15 is 0 Å². The summed E-state index contributed by atoms with van der Waals surface area (Å²) in [5.74, 6) is -1.66. The van der Waals surface area contributed by atoms with Gasteiger partial charge in [0.1, 0.15) is 0 Å². The highest BCUT2D eigenvalue weighted by Crippen LogP contribution is 2.33. The minimum absolute atomic E-state index is 0.106. The van der Waals surface area contributed by atoms with E-state index in [1.807, 2.05) is 0 Å². The van der Waals surface area contributed by atoms with Crippen molar-refractivity contribution in [3.8, 4) is 0 Å². The number of hydrogen-bond acceptors (Lipinski definition) is 6. The summed E-state index contributed by atoms with van der Waals surface area (Å²) in [6, 6.07) is 11.9. The summed E-state index contributed by atoms with van der Waals surface area (Å²) in [6.07, 6.45) is -4.64. The number of nitrogens with one attached hydrogen (secondary N) is 1. The van der Waals surface area contributed by atoms with Crippen LogP contribution in [0.4, 0.5) is 24.0 Å². The Hall–Kier alpha value is -3.60. The number of fused-ring (bicyclic) bond motifs is 1. The summed E-state index contributed by atoms with van der Waals surface area (Å²) < 4.78 is 37.7. The van der Waals surface area contributed by atoms with Crippen LogP contribution in [0, 0.1) is 0 Å². The highest BCUT2D eigenvalue weighted by Gasteiger charge is 2.37. The molecule has 0 atom stereocenters. The van der Waals surface area contributed by atoms with Crippen LogP contribution in [0.1, 0.15) is 36.1 Å². The molecule has 1 aliphatic rings. The van der Waals surface area contributed by atoms with E-state index in [1.54, 1.807) is 24.3 Å². The quantitative estimate of drug-likeness (QED) is 0.656. The number of halogens is 3. The summed E-state index contributed by atoms with van der Waals surface area (Å²) in [7, 11) is 0. The van der Waals surface area contributed by atoms with Crippen LogP contribution in [0.25, 0.3) is 0 Å². The van der Waals surface area contributed by atoms with Crippen LogP contribution in [0.3, 0.4) is 0 Å². The normalized spacial score (nSPS) is 13.6. The van der Waals surface area contributed by atoms with Crippen LogP contribution in [0.15, 0.2) is 48.5 Å². The number of benzene rings is 2. The molecule has 3 aromatic rings. The molecule has 4 rings (SSSR count). The number of alkyl halides is 3. The van der Waals surface area contributed by atoms with Crippen molar-refractivity contribution in [2.45, 2.75) is 6.18 Å². The van der Waals surface area contributed by atoms with Gasteiger partial charge in [-0.05, 0) is 36.4 Å². The number of aromatic nitrogens is 2. The number of imide groups is 1. The monoisotopic (exact) mass is 418 g/mol. The first kappa shape index (κ1) is 18.7. The molecule has 0 spiro atoms. The standard InChI is InChI=1S/C18H9F3N4O3S/c19-18(20,21)16-23-24-17(29-16)22-13(26)9-5-7-10(8-6-9)25-14(27)11-3-1-2-4-12(11)15(25)28/h1-8H,(H,22,24,26). The van der Waals surface area contributed by atoms with Crippen LogP contribution < -0.4 is 10.2 Å². The lowest BCUT2D eigenvalue weighted by atomic mass is 10.1. The van der Waals surface area contributed by atoms with E-state index in [2.05, 4.69) is 15.5 Å². The van der Waals surface area contributed by atoms with Gasteiger partial charge in [-0.2, -0.15) is 13.2 Å². The van der Waals surface area contributed by atoms with Gasteiger partial charge in [0.2, 0.25) is 10.1 Å². The van der Waals surface area contributed by atoms with Crippen molar-refractivity contribution in [1.82, 2.24) is 10.2 Å². The van der Waals surface area contributed by atoms with Crippen molar-refractivity contribution in [3.63, 3.8) is 0 Å². The van der Waals surface area contributed by atoms with Gasteiger partial charge < -0.3 is 0 Å². The van der Waals surface area contributed by atoms with Gasteiger partial charge in [0.05, 0.1) is 16.8 Å². The zero-order valence-corrected chi connectivity index (χ0v) is 15.0. The van der Waals surface area contributed by atoms with Crippen molar-refractivity contribution in [2.75, 3.05) is 10.2 Å². The molecule has 29 heavy (non-hydrogen) atoms. The maximum atomic E-state index is 12.6. The molecule has 7 nitrogen and oxygen atoms in total. The van der Waals surface area contributed by atoms with Crippen molar-refractivity contribution < 1.29 is 27.6 Å². The molecule has 1 aliphatic heterocycles. The molecule has 0 bridgehead atoms. The lowest BCUT2D eigenvalue weighted by Gasteiger charge is -2.14. The van der Waals surface area contributed by atoms with Crippen LogP contribution in [0.5, 0.6) is 0 Å². The van der Waals surface area contributed by atoms with Gasteiger partial charge in [0.25, 0.3) is 17.7 Å². The first-order valence-corrected chi connectivity index (χ1v) is 8.87. The Bertz CT molecular complexity index is 1110. The molecule has 0 saturated heterocycles. The second-order valence-electron chi connectivity index (χ2n) is 5.90. The van der Waals surface area contributed by atoms with Gasteiger partial charge in [0, 0.05) is 5.56 Å². The first-order valence-electron chi connectivity index (χ1n) is 8.05. The number of rotatable bonds is 3. The van der Waals surface area contributed by atoms with Crippen LogP contribution in [0.2, 0.25) is 0 Å². The van der Waals surface area contributed by atoms with Crippen molar-refractivity contribution >= 4 is 39.9 Å². The topological polar surface area (TPSA) is 92.3 Å². The number of hydrogen-bond donors (Lipinski definition) is 1. The molecule has 0 radical (unpaired) electrons. The second-order valence-corrected chi connectivity index (χ2v) is 6.88. The maximum Gasteiger partial charge on any atom is 0.445 e. The van der Waals surface area contributed by atoms with Crippen LogP contribution >= 0.6 is 11.3 Å². The fourth-order valence-electron chi connectivity index (χ4n) is 2.74. The molecule has 146 valence electrons. The Balaban J connectivity index is 1.51. The Morgan fingerprint density at radius 3 is 2.03 bits per heavy atom. The summed E-state index contributed by atoms with van der Waals surface area (Å²) in [6.45, 7) is 0. The Kier molecular flexibility index (Phi) is 4.38. The molecule has 0 fully saturated rings. The zero-order valence-electron chi connectivity index (χ0n) is 14.2. The van der Waals surface area contributed by atoms with Gasteiger partial charge in [0.15, 0.2) is 0 Å². The summed E-state index contributed by atoms with van der Waals surface area (Å²) in [5.41, 5.74) is 0.948. The smallest absolute Gasteiger partial charge is 0.296 e. The third-order valence-corrected chi connectivity index (χ3v) is 4.95. The minimum Gasteiger partial charge on any atom is -0.296 e. The van der Waals surface area contributed by atoms with E-state index in [1.165, 1.54) is 24.3 Å². The van der Waals surface area contributed by atoms with Crippen LogP contribution in [-0.2, 0) is 6.18 Å². The third-order valence-electron chi connectivity index (χ3n) is 4.07. The second kappa shape index (κ2) is 6.78. The van der Waals surface area contributed by atoms with Crippen LogP contribution in [-0.4, -0.2) is 27.9 Å². The molecule has 0 unspecified atom stereocenters. The predicted octanol–water partition coefficient (Wildman–Crippen LogP) is 3.61. The fraction of sp³-hybridized carbons (Fsp3) is 0.0556. The molecular weight excluding hydrogens is 409 g/mol. The molecule has 1 aromatic heterocycles. The van der Waals surface area contributed by atoms with E-state index in [-0.39, 0.29) is 38.8 Å². The van der Waals surface area contributed by atoms with Gasteiger partial charge in [-0.3, -0.25) is 19.7 Å². The molecule has 11 heteroatoms. The number of amides is 3. The van der Waals surface area contributed by atoms with Gasteiger partial charge in [-0.1, -0.05) is 23.5 Å². The predicted molar refractivity (Wildman–Crippen MR) is 96.9 cm³/mol. The maximum absolute atomic E-state index is 12.6. The van der Waals surface area contributed by atoms with Gasteiger partial charge in [-0.25, -0.2) is 4.90 Å². The van der Waals surface area contributed by atoms with Gasteiger partial charge >= 0.3 is 6.18 Å². The van der Waals surface area contributed by atoms with Crippen molar-refractivity contribution in [1.29, 1.82) is 0 Å². The Morgan fingerprint density at radius 2 is 1.52 bits per heavy atom. The van der Waals surface area contributed by atoms with Crippen molar-refractivity contribution in [3.05, 3.63) is 70.2 Å². The van der Waals surface area contributed by atoms with E-state index in [4.69, 9.17) is 0 Å². The zero-order chi connectivity index (χ0) is 20.8. The lowest BCUT2D eigenvalue weighted by Crippen LogP contribution is -2.29. The molecule has 0 saturated carbocycles. The molecule has 0 aliphatic carbocycles. The Morgan fingerprint density at radius 1 is 0.931 bits per heavy atom. The Labute approximate surface area is 164 Å². The number of nitrogens with zero attached hydrogens (tertiary/aromatic N) is 3. The largest absolute Gasteiger partial charge is 0.445 e. The van der Waals surface area contributed by atoms with E-state index in [0.29, 0.717) is 0 Å². The first-order chi connectivity index (χ1) is 13.8. The van der Waals surface area contributed by atoms with Gasteiger partial charge in [-0.15, -0.1) is 10.2 Å². The summed E-state index contributed by atoms with van der Waals surface area (Å²) in [4.78, 5) is 38.1. The molecule has 2 aromatic carbocycles. The third kappa shape index (κ3) is 3.36.